The summed E-state index contributed by atoms with van der Waals surface area (Å²) in [5.41, 5.74) is 2.82. The van der Waals surface area contributed by atoms with Gasteiger partial charge in [0.2, 0.25) is 0 Å². The van der Waals surface area contributed by atoms with Gasteiger partial charge in [0, 0.05) is 11.6 Å². The first-order valence-electron chi connectivity index (χ1n) is 9.81. The van der Waals surface area contributed by atoms with E-state index in [1.54, 1.807) is 24.1 Å². The fraction of sp³-hybridized carbons (Fsp3) is 0.273. The number of ether oxygens (including phenoxy) is 2. The number of methoxy groups -OCH3 is 1. The van der Waals surface area contributed by atoms with E-state index < -0.39 is 5.97 Å². The second-order valence-electron chi connectivity index (χ2n) is 6.81. The molecule has 32 heavy (non-hydrogen) atoms. The average Bonchev–Trinajstić information content (AvgIpc) is 3.27. The van der Waals surface area contributed by atoms with Crippen molar-refractivity contribution in [3.8, 4) is 11.4 Å². The Bertz CT molecular complexity index is 1070. The van der Waals surface area contributed by atoms with Gasteiger partial charge in [0.15, 0.2) is 11.8 Å². The molecule has 2 aromatic carbocycles. The molecular weight excluding hydrogens is 452 g/mol. The number of rotatable bonds is 10. The second-order valence-corrected chi connectivity index (χ2v) is 8.16. The fourth-order valence-corrected chi connectivity index (χ4v) is 3.63. The molecule has 1 N–H and O–H groups in total. The van der Waals surface area contributed by atoms with Gasteiger partial charge in [-0.3, -0.25) is 14.2 Å². The highest BCUT2D eigenvalue weighted by Gasteiger charge is 2.13. The summed E-state index contributed by atoms with van der Waals surface area (Å²) >= 11 is 7.35. The standard InChI is InChI=1S/C22H23ClN4O4S/c1-15-3-6-17(11-19(15)23)27-14-25-26-22(27)32-13-21(29)31-12-20(28)24-10-9-16-4-7-18(30-2)8-5-16/h3-8,11,14H,9-10,12-13H2,1-2H3,(H,24,28). The molecule has 8 nitrogen and oxygen atoms in total. The van der Waals surface area contributed by atoms with Gasteiger partial charge in [-0.1, -0.05) is 41.6 Å². The third kappa shape index (κ3) is 6.73. The van der Waals surface area contributed by atoms with Gasteiger partial charge in [0.05, 0.1) is 18.6 Å². The van der Waals surface area contributed by atoms with Crippen molar-refractivity contribution >= 4 is 35.2 Å². The first kappa shape index (κ1) is 23.6. The lowest BCUT2D eigenvalue weighted by Crippen LogP contribution is -2.30. The summed E-state index contributed by atoms with van der Waals surface area (Å²) in [5, 5.41) is 11.8. The number of nitrogens with zero attached hydrogens (tertiary/aromatic N) is 3. The molecule has 0 aliphatic carbocycles. The topological polar surface area (TPSA) is 95.3 Å². The van der Waals surface area contributed by atoms with E-state index in [0.29, 0.717) is 23.1 Å². The highest BCUT2D eigenvalue weighted by atomic mass is 35.5. The smallest absolute Gasteiger partial charge is 0.316 e. The number of carbonyl (C=O) groups excluding carboxylic acids is 2. The maximum absolute atomic E-state index is 12.0. The quantitative estimate of drug-likeness (QED) is 0.356. The van der Waals surface area contributed by atoms with Gasteiger partial charge in [-0.15, -0.1) is 10.2 Å². The number of benzene rings is 2. The number of nitrogens with one attached hydrogen (secondary N) is 1. The molecule has 0 spiro atoms. The monoisotopic (exact) mass is 474 g/mol. The van der Waals surface area contributed by atoms with Crippen LogP contribution in [-0.4, -0.2) is 52.7 Å². The van der Waals surface area contributed by atoms with Crippen LogP contribution in [-0.2, 0) is 20.7 Å². The number of aromatic nitrogens is 3. The van der Waals surface area contributed by atoms with Crippen molar-refractivity contribution in [2.24, 2.45) is 0 Å². The summed E-state index contributed by atoms with van der Waals surface area (Å²) in [6.45, 7) is 2.03. The SMILES string of the molecule is COc1ccc(CCNC(=O)COC(=O)CSc2nncn2-c2ccc(C)c(Cl)c2)cc1. The van der Waals surface area contributed by atoms with E-state index in [2.05, 4.69) is 15.5 Å². The van der Waals surface area contributed by atoms with Crippen LogP contribution < -0.4 is 10.1 Å². The van der Waals surface area contributed by atoms with Crippen molar-refractivity contribution in [2.75, 3.05) is 26.0 Å². The largest absolute Gasteiger partial charge is 0.497 e. The third-order valence-electron chi connectivity index (χ3n) is 4.53. The zero-order valence-corrected chi connectivity index (χ0v) is 19.3. The van der Waals surface area contributed by atoms with Gasteiger partial charge in [0.1, 0.15) is 12.1 Å². The van der Waals surface area contributed by atoms with Crippen LogP contribution in [0.1, 0.15) is 11.1 Å². The molecule has 0 radical (unpaired) electrons. The predicted octanol–water partition coefficient (Wildman–Crippen LogP) is 3.23. The Morgan fingerprint density at radius 3 is 2.69 bits per heavy atom. The molecule has 0 saturated carbocycles. The maximum atomic E-state index is 12.0. The van der Waals surface area contributed by atoms with Crippen LogP contribution in [0, 0.1) is 6.92 Å². The summed E-state index contributed by atoms with van der Waals surface area (Å²) in [7, 11) is 1.61. The molecule has 1 amide bonds. The number of hydrogen-bond acceptors (Lipinski definition) is 7. The number of carbonyl (C=O) groups is 2. The molecular formula is C22H23ClN4O4S. The molecule has 3 rings (SSSR count). The molecule has 3 aromatic rings. The van der Waals surface area contributed by atoms with Crippen molar-refractivity contribution in [2.45, 2.75) is 18.5 Å². The molecule has 10 heteroatoms. The molecule has 168 valence electrons. The molecule has 0 fully saturated rings. The number of amides is 1. The normalized spacial score (nSPS) is 10.6. The number of halogens is 1. The Morgan fingerprint density at radius 2 is 1.97 bits per heavy atom. The van der Waals surface area contributed by atoms with Crippen LogP contribution in [0.4, 0.5) is 0 Å². The Hall–Kier alpha value is -3.04. The summed E-state index contributed by atoms with van der Waals surface area (Å²) in [6, 6.07) is 13.2. The Labute approximate surface area is 195 Å². The summed E-state index contributed by atoms with van der Waals surface area (Å²) in [5.74, 6) is -0.0909. The zero-order valence-electron chi connectivity index (χ0n) is 17.7. The lowest BCUT2D eigenvalue weighted by molar-refractivity contribution is -0.145. The molecule has 1 heterocycles. The van der Waals surface area contributed by atoms with E-state index in [-0.39, 0.29) is 18.3 Å². The third-order valence-corrected chi connectivity index (χ3v) is 5.85. The Kier molecular flexibility index (Phi) is 8.52. The second kappa shape index (κ2) is 11.5. The van der Waals surface area contributed by atoms with Gasteiger partial charge in [0.25, 0.3) is 5.91 Å². The van der Waals surface area contributed by atoms with Gasteiger partial charge < -0.3 is 14.8 Å². The number of esters is 1. The first-order valence-corrected chi connectivity index (χ1v) is 11.2. The highest BCUT2D eigenvalue weighted by molar-refractivity contribution is 7.99. The molecule has 0 aliphatic rings. The van der Waals surface area contributed by atoms with Crippen LogP contribution >= 0.6 is 23.4 Å². The highest BCUT2D eigenvalue weighted by Crippen LogP contribution is 2.23. The zero-order chi connectivity index (χ0) is 22.9. The van der Waals surface area contributed by atoms with Gasteiger partial charge in [-0.05, 0) is 48.7 Å². The van der Waals surface area contributed by atoms with E-state index >= 15 is 0 Å². The van der Waals surface area contributed by atoms with Crippen LogP contribution in [0.25, 0.3) is 5.69 Å². The van der Waals surface area contributed by atoms with Crippen LogP contribution in [0.15, 0.2) is 53.9 Å². The van der Waals surface area contributed by atoms with Crippen LogP contribution in [0.3, 0.4) is 0 Å². The van der Waals surface area contributed by atoms with Crippen molar-refractivity contribution in [3.05, 3.63) is 64.9 Å². The minimum atomic E-state index is -0.517. The molecule has 0 unspecified atom stereocenters. The molecule has 0 aliphatic heterocycles. The lowest BCUT2D eigenvalue weighted by Gasteiger charge is -2.08. The first-order chi connectivity index (χ1) is 15.5. The molecule has 0 atom stereocenters. The van der Waals surface area contributed by atoms with Crippen molar-refractivity contribution in [3.63, 3.8) is 0 Å². The van der Waals surface area contributed by atoms with E-state index in [9.17, 15) is 9.59 Å². The summed E-state index contributed by atoms with van der Waals surface area (Å²) < 4.78 is 11.9. The lowest BCUT2D eigenvalue weighted by atomic mass is 10.1. The molecule has 0 saturated heterocycles. The van der Waals surface area contributed by atoms with E-state index in [0.717, 1.165) is 22.6 Å². The van der Waals surface area contributed by atoms with E-state index in [4.69, 9.17) is 21.1 Å². The minimum absolute atomic E-state index is 0.00256. The number of aryl methyl sites for hydroxylation is 1. The number of hydrogen-bond donors (Lipinski definition) is 1. The van der Waals surface area contributed by atoms with Crippen LogP contribution in [0.2, 0.25) is 5.02 Å². The van der Waals surface area contributed by atoms with E-state index in [1.807, 2.05) is 43.3 Å². The summed E-state index contributed by atoms with van der Waals surface area (Å²) in [4.78, 5) is 23.9. The predicted molar refractivity (Wildman–Crippen MR) is 122 cm³/mol. The Morgan fingerprint density at radius 1 is 1.19 bits per heavy atom. The maximum Gasteiger partial charge on any atom is 0.316 e. The minimum Gasteiger partial charge on any atom is -0.497 e. The van der Waals surface area contributed by atoms with Gasteiger partial charge >= 0.3 is 5.97 Å². The Balaban J connectivity index is 1.39. The van der Waals surface area contributed by atoms with Crippen LogP contribution in [0.5, 0.6) is 5.75 Å². The van der Waals surface area contributed by atoms with Gasteiger partial charge in [-0.2, -0.15) is 0 Å². The summed E-state index contributed by atoms with van der Waals surface area (Å²) in [6.07, 6.45) is 2.21. The molecule has 0 bridgehead atoms. The number of thioether (sulfide) groups is 1. The molecule has 1 aromatic heterocycles. The van der Waals surface area contributed by atoms with Crippen molar-refractivity contribution < 1.29 is 19.1 Å². The van der Waals surface area contributed by atoms with Gasteiger partial charge in [-0.25, -0.2) is 0 Å². The van der Waals surface area contributed by atoms with Crippen molar-refractivity contribution in [1.29, 1.82) is 0 Å². The average molecular weight is 475 g/mol. The fourth-order valence-electron chi connectivity index (χ4n) is 2.73. The van der Waals surface area contributed by atoms with E-state index in [1.165, 1.54) is 11.8 Å². The van der Waals surface area contributed by atoms with Crippen molar-refractivity contribution in [1.82, 2.24) is 20.1 Å².